The van der Waals surface area contributed by atoms with Gasteiger partial charge in [0.2, 0.25) is 0 Å². The molecule has 1 nitrogen and oxygen atoms in total. The van der Waals surface area contributed by atoms with Gasteiger partial charge in [0.25, 0.3) is 0 Å². The number of hydrogen-bond donors (Lipinski definition) is 1. The van der Waals surface area contributed by atoms with E-state index >= 15 is 0 Å². The monoisotopic (exact) mass is 235 g/mol. The predicted octanol–water partition coefficient (Wildman–Crippen LogP) is -1.17. The predicted molar refractivity (Wildman–Crippen MR) is 48.4 cm³/mol. The van der Waals surface area contributed by atoms with Crippen LogP contribution in [0, 0.1) is 6.54 Å². The van der Waals surface area contributed by atoms with Crippen LogP contribution in [0.5, 0.6) is 0 Å². The molecule has 3 heteroatoms. The quantitative estimate of drug-likeness (QED) is 0.442. The molecule has 12 heavy (non-hydrogen) atoms. The van der Waals surface area contributed by atoms with Gasteiger partial charge in [-0.25, -0.2) is 6.54 Å². The van der Waals surface area contributed by atoms with Crippen molar-refractivity contribution in [2.75, 3.05) is 5.32 Å². The molecule has 0 amide bonds. The zero-order chi connectivity index (χ0) is 6.81. The van der Waals surface area contributed by atoms with E-state index in [2.05, 4.69) is 36.1 Å². The van der Waals surface area contributed by atoms with E-state index in [0.717, 1.165) is 6.42 Å². The van der Waals surface area contributed by atoms with Gasteiger partial charge >= 0.3 is 23.1 Å². The Balaban J connectivity index is 0.000000605. The zero-order valence-electron chi connectivity index (χ0n) is 6.89. The molecular weight excluding hydrogens is 226 g/mol. The molecule has 1 N–H and O–H groups in total. The molecule has 1 aromatic carbocycles. The third-order valence-electron chi connectivity index (χ3n) is 1.83. The second-order valence-corrected chi connectivity index (χ2v) is 2.54. The molecule has 1 aromatic rings. The molecule has 0 fully saturated rings. The molecule has 0 spiro atoms. The van der Waals surface area contributed by atoms with E-state index in [9.17, 15) is 0 Å². The Kier molecular flexibility index (Phi) is 5.96. The molecule has 1 heterocycles. The molecule has 0 bridgehead atoms. The van der Waals surface area contributed by atoms with Gasteiger partial charge in [-0.05, 0) is 11.6 Å². The van der Waals surface area contributed by atoms with Crippen molar-refractivity contribution in [2.45, 2.75) is 12.8 Å². The maximum Gasteiger partial charge on any atom is 2.00 e. The van der Waals surface area contributed by atoms with Crippen LogP contribution in [0.2, 0.25) is 0 Å². The van der Waals surface area contributed by atoms with Crippen LogP contribution >= 0.6 is 0 Å². The van der Waals surface area contributed by atoms with Gasteiger partial charge in [-0.1, -0.05) is 24.6 Å². The molecule has 0 radical (unpaired) electrons. The maximum absolute atomic E-state index is 3.24. The minimum atomic E-state index is 0. The fourth-order valence-electron chi connectivity index (χ4n) is 1.29. The average Bonchev–Trinajstić information content (AvgIpc) is 2.05. The smallest absolute Gasteiger partial charge is 1.00 e. The summed E-state index contributed by atoms with van der Waals surface area (Å²) in [6, 6.07) is 8.44. The summed E-state index contributed by atoms with van der Waals surface area (Å²) in [5, 5.41) is 3.24. The van der Waals surface area contributed by atoms with Crippen molar-refractivity contribution in [3.05, 3.63) is 36.4 Å². The van der Waals surface area contributed by atoms with Gasteiger partial charge in [0.05, 0.1) is 0 Å². The van der Waals surface area contributed by atoms with Crippen LogP contribution in [0.1, 0.15) is 12.0 Å². The molecule has 0 aliphatic carbocycles. The number of nitrogens with one attached hydrogen (secondary N) is 1. The Morgan fingerprint density at radius 2 is 2.00 bits per heavy atom. The Labute approximate surface area is 99.9 Å². The second-order valence-electron chi connectivity index (χ2n) is 2.54. The van der Waals surface area contributed by atoms with E-state index < -0.39 is 0 Å². The Bertz CT molecular complexity index is 215. The second kappa shape index (κ2) is 5.83. The first kappa shape index (κ1) is 12.3. The zero-order valence-corrected chi connectivity index (χ0v) is 9.89. The minimum absolute atomic E-state index is 0. The number of halogens is 1. The molecule has 0 atom stereocenters. The SMILES string of the molecule is [Br-].[Mg+2].c1ccc2c(c1)CC[CH-]N2. The van der Waals surface area contributed by atoms with Gasteiger partial charge in [0, 0.05) is 5.69 Å². The molecule has 0 aromatic heterocycles. The van der Waals surface area contributed by atoms with Crippen LogP contribution in [-0.2, 0) is 6.42 Å². The Morgan fingerprint density at radius 1 is 1.25 bits per heavy atom. The van der Waals surface area contributed by atoms with Crippen molar-refractivity contribution in [2.24, 2.45) is 0 Å². The molecule has 60 valence electrons. The molecule has 1 aliphatic rings. The topological polar surface area (TPSA) is 12.0 Å². The number of fused-ring (bicyclic) bond motifs is 1. The molecule has 0 saturated heterocycles. The molecular formula is C9H10BrMgN. The molecule has 0 saturated carbocycles. The van der Waals surface area contributed by atoms with Gasteiger partial charge in [-0.3, -0.25) is 0 Å². The standard InChI is InChI=1S/C9H10N.BrH.Mg/c1-2-6-9-8(4-1)5-3-7-10-9;;/h1-2,4,6-7,10H,3,5H2;1H;/q-1;;+2/p-1. The van der Waals surface area contributed by atoms with E-state index in [1.165, 1.54) is 17.7 Å². The van der Waals surface area contributed by atoms with E-state index in [1.54, 1.807) is 0 Å². The first-order valence-electron chi connectivity index (χ1n) is 3.63. The minimum Gasteiger partial charge on any atom is -1.00 e. The van der Waals surface area contributed by atoms with Crippen LogP contribution in [0.15, 0.2) is 24.3 Å². The molecule has 1 aliphatic heterocycles. The van der Waals surface area contributed by atoms with Crippen LogP contribution in [-0.4, -0.2) is 23.1 Å². The summed E-state index contributed by atoms with van der Waals surface area (Å²) in [6.45, 7) is 2.11. The van der Waals surface area contributed by atoms with E-state index in [0.29, 0.717) is 0 Å². The van der Waals surface area contributed by atoms with Gasteiger partial charge in [0.1, 0.15) is 0 Å². The Morgan fingerprint density at radius 3 is 2.75 bits per heavy atom. The van der Waals surface area contributed by atoms with Gasteiger partial charge in [-0.15, -0.1) is 0 Å². The van der Waals surface area contributed by atoms with Crippen LogP contribution in [0.25, 0.3) is 0 Å². The summed E-state index contributed by atoms with van der Waals surface area (Å²) in [4.78, 5) is 0. The van der Waals surface area contributed by atoms with Gasteiger partial charge < -0.3 is 22.3 Å². The summed E-state index contributed by atoms with van der Waals surface area (Å²) < 4.78 is 0. The summed E-state index contributed by atoms with van der Waals surface area (Å²) in [7, 11) is 0. The fraction of sp³-hybridized carbons (Fsp3) is 0.222. The normalized spacial score (nSPS) is 13.0. The molecule has 2 rings (SSSR count). The third-order valence-corrected chi connectivity index (χ3v) is 1.83. The van der Waals surface area contributed by atoms with Crippen molar-refractivity contribution < 1.29 is 17.0 Å². The van der Waals surface area contributed by atoms with E-state index in [-0.39, 0.29) is 40.0 Å². The maximum atomic E-state index is 3.24. The number of anilines is 1. The molecule has 0 unspecified atom stereocenters. The van der Waals surface area contributed by atoms with E-state index in [4.69, 9.17) is 0 Å². The summed E-state index contributed by atoms with van der Waals surface area (Å²) in [5.41, 5.74) is 2.71. The van der Waals surface area contributed by atoms with Crippen molar-refractivity contribution in [1.29, 1.82) is 0 Å². The first-order valence-corrected chi connectivity index (χ1v) is 3.63. The number of aryl methyl sites for hydroxylation is 1. The number of hydrogen-bond acceptors (Lipinski definition) is 1. The average molecular weight is 236 g/mol. The van der Waals surface area contributed by atoms with E-state index in [1.807, 2.05) is 0 Å². The van der Waals surface area contributed by atoms with Crippen LogP contribution < -0.4 is 22.3 Å². The Hall–Kier alpha value is 0.266. The van der Waals surface area contributed by atoms with Crippen molar-refractivity contribution in [3.63, 3.8) is 0 Å². The van der Waals surface area contributed by atoms with Crippen LogP contribution in [0.4, 0.5) is 5.69 Å². The van der Waals surface area contributed by atoms with Crippen LogP contribution in [0.3, 0.4) is 0 Å². The van der Waals surface area contributed by atoms with Gasteiger partial charge in [0.15, 0.2) is 0 Å². The fourth-order valence-corrected chi connectivity index (χ4v) is 1.29. The number of benzene rings is 1. The van der Waals surface area contributed by atoms with Crippen molar-refractivity contribution in [1.82, 2.24) is 0 Å². The number of rotatable bonds is 0. The summed E-state index contributed by atoms with van der Waals surface area (Å²) in [5.74, 6) is 0. The third kappa shape index (κ3) is 2.64. The number of para-hydroxylation sites is 1. The summed E-state index contributed by atoms with van der Waals surface area (Å²) >= 11 is 0. The first-order chi connectivity index (χ1) is 4.97. The largest absolute Gasteiger partial charge is 2.00 e. The van der Waals surface area contributed by atoms with Gasteiger partial charge in [-0.2, -0.15) is 6.42 Å². The summed E-state index contributed by atoms with van der Waals surface area (Å²) in [6.07, 6.45) is 2.33. The van der Waals surface area contributed by atoms with Crippen molar-refractivity contribution >= 4 is 28.7 Å². The van der Waals surface area contributed by atoms with Crippen molar-refractivity contribution in [3.8, 4) is 0 Å².